The monoisotopic (exact) mass is 263 g/mol. The summed E-state index contributed by atoms with van der Waals surface area (Å²) in [6.07, 6.45) is 0. The topological polar surface area (TPSA) is 37.8 Å². The van der Waals surface area contributed by atoms with Crippen molar-refractivity contribution >= 4 is 40.9 Å². The van der Waals surface area contributed by atoms with Crippen molar-refractivity contribution in [1.29, 1.82) is 0 Å². The molecule has 0 saturated carbocycles. The third-order valence-corrected chi connectivity index (χ3v) is 2.74. The molecule has 0 aromatic carbocycles. The van der Waals surface area contributed by atoms with Crippen LogP contribution in [0.3, 0.4) is 0 Å². The summed E-state index contributed by atoms with van der Waals surface area (Å²) in [6, 6.07) is 0. The first-order valence-corrected chi connectivity index (χ1v) is 5.51. The number of thioether (sulfide) groups is 1. The van der Waals surface area contributed by atoms with Gasteiger partial charge >= 0.3 is 5.51 Å². The van der Waals surface area contributed by atoms with Gasteiger partial charge in [-0.05, 0) is 11.8 Å². The molecule has 0 unspecified atom stereocenters. The van der Waals surface area contributed by atoms with E-state index in [0.29, 0.717) is 5.82 Å². The summed E-state index contributed by atoms with van der Waals surface area (Å²) in [4.78, 5) is 0. The molecule has 0 aliphatic rings. The Balaban J connectivity index is 2.20. The smallest absolute Gasteiger partial charge is 0.366 e. The molecule has 1 rings (SSSR count). The Morgan fingerprint density at radius 2 is 2.14 bits per heavy atom. The van der Waals surface area contributed by atoms with Gasteiger partial charge in [-0.2, -0.15) is 21.9 Å². The van der Waals surface area contributed by atoms with Gasteiger partial charge in [0.2, 0.25) is 0 Å². The highest BCUT2D eigenvalue weighted by molar-refractivity contribution is 8.00. The van der Waals surface area contributed by atoms with Gasteiger partial charge in [-0.3, -0.25) is 0 Å². The van der Waals surface area contributed by atoms with Gasteiger partial charge in [0.25, 0.3) is 0 Å². The molecule has 14 heavy (non-hydrogen) atoms. The summed E-state index contributed by atoms with van der Waals surface area (Å²) < 4.78 is 42.4. The number of hydrogen-bond acceptors (Lipinski definition) is 5. The summed E-state index contributed by atoms with van der Waals surface area (Å²) in [5.74, 6) is 0.247. The van der Waals surface area contributed by atoms with Crippen molar-refractivity contribution in [3.05, 3.63) is 5.15 Å². The number of hydrogen-bond donors (Lipinski definition) is 1. The lowest BCUT2D eigenvalue weighted by Crippen LogP contribution is -2.09. The minimum atomic E-state index is -4.19. The van der Waals surface area contributed by atoms with E-state index in [1.807, 2.05) is 0 Å². The Morgan fingerprint density at radius 1 is 1.43 bits per heavy atom. The van der Waals surface area contributed by atoms with Crippen molar-refractivity contribution in [3.63, 3.8) is 0 Å². The van der Waals surface area contributed by atoms with Gasteiger partial charge in [0.1, 0.15) is 0 Å². The first-order chi connectivity index (χ1) is 6.49. The van der Waals surface area contributed by atoms with Crippen LogP contribution in [0.1, 0.15) is 0 Å². The van der Waals surface area contributed by atoms with Crippen molar-refractivity contribution in [2.24, 2.45) is 0 Å². The molecule has 0 aliphatic carbocycles. The third kappa shape index (κ3) is 4.34. The fourth-order valence-electron chi connectivity index (χ4n) is 0.619. The highest BCUT2D eigenvalue weighted by Gasteiger charge is 2.27. The van der Waals surface area contributed by atoms with Gasteiger partial charge in [-0.25, -0.2) is 0 Å². The first kappa shape index (κ1) is 11.9. The van der Waals surface area contributed by atoms with Crippen LogP contribution in [0.4, 0.5) is 19.0 Å². The van der Waals surface area contributed by atoms with Crippen LogP contribution in [-0.2, 0) is 0 Å². The molecule has 1 aromatic rings. The van der Waals surface area contributed by atoms with Gasteiger partial charge in [0.15, 0.2) is 11.0 Å². The lowest BCUT2D eigenvalue weighted by molar-refractivity contribution is -0.0327. The van der Waals surface area contributed by atoms with E-state index in [1.165, 1.54) is 0 Å². The molecule has 9 heteroatoms. The molecule has 0 atom stereocenters. The van der Waals surface area contributed by atoms with E-state index in [1.54, 1.807) is 0 Å². The molecule has 3 nitrogen and oxygen atoms in total. The number of anilines is 1. The average Bonchev–Trinajstić information content (AvgIpc) is 2.44. The van der Waals surface area contributed by atoms with Gasteiger partial charge in [0, 0.05) is 12.3 Å². The van der Waals surface area contributed by atoms with Gasteiger partial charge in [0.05, 0.1) is 11.7 Å². The van der Waals surface area contributed by atoms with E-state index in [2.05, 4.69) is 14.1 Å². The van der Waals surface area contributed by atoms with Crippen molar-refractivity contribution in [2.75, 3.05) is 17.6 Å². The van der Waals surface area contributed by atoms with Crippen LogP contribution < -0.4 is 5.32 Å². The van der Waals surface area contributed by atoms with E-state index in [-0.39, 0.29) is 29.2 Å². The van der Waals surface area contributed by atoms with Crippen LogP contribution >= 0.6 is 35.1 Å². The predicted octanol–water partition coefficient (Wildman–Crippen LogP) is 2.86. The summed E-state index contributed by atoms with van der Waals surface area (Å²) >= 11 is 6.37. The lowest BCUT2D eigenvalue weighted by Gasteiger charge is -2.05. The van der Waals surface area contributed by atoms with E-state index in [0.717, 1.165) is 11.7 Å². The van der Waals surface area contributed by atoms with Crippen LogP contribution in [0.5, 0.6) is 0 Å². The maximum atomic E-state index is 11.7. The molecule has 80 valence electrons. The second-order valence-electron chi connectivity index (χ2n) is 2.12. The molecule has 0 spiro atoms. The fourth-order valence-corrected chi connectivity index (χ4v) is 1.74. The quantitative estimate of drug-likeness (QED) is 0.848. The zero-order valence-corrected chi connectivity index (χ0v) is 9.03. The fraction of sp³-hybridized carbons (Fsp3) is 0.600. The SMILES string of the molecule is FC(F)(F)SCCNc1nsnc1Cl. The molecule has 1 aromatic heterocycles. The Kier molecular flexibility index (Phi) is 4.27. The zero-order valence-electron chi connectivity index (χ0n) is 6.64. The summed E-state index contributed by atoms with van der Waals surface area (Å²) in [5, 5.41) is 2.84. The van der Waals surface area contributed by atoms with Crippen LogP contribution in [-0.4, -0.2) is 26.6 Å². The van der Waals surface area contributed by atoms with Crippen LogP contribution in [0.2, 0.25) is 5.15 Å². The van der Waals surface area contributed by atoms with Crippen LogP contribution in [0.25, 0.3) is 0 Å². The van der Waals surface area contributed by atoms with Crippen molar-refractivity contribution in [3.8, 4) is 0 Å². The average molecular weight is 264 g/mol. The summed E-state index contributed by atoms with van der Waals surface area (Å²) in [6.45, 7) is 0.148. The number of rotatable bonds is 4. The van der Waals surface area contributed by atoms with Crippen molar-refractivity contribution < 1.29 is 13.2 Å². The van der Waals surface area contributed by atoms with E-state index < -0.39 is 5.51 Å². The van der Waals surface area contributed by atoms with Crippen molar-refractivity contribution in [1.82, 2.24) is 8.75 Å². The molecule has 1 heterocycles. The number of aromatic nitrogens is 2. The van der Waals surface area contributed by atoms with Crippen LogP contribution in [0.15, 0.2) is 0 Å². The summed E-state index contributed by atoms with van der Waals surface area (Å²) in [5.41, 5.74) is -4.19. The summed E-state index contributed by atoms with van der Waals surface area (Å²) in [7, 11) is 0. The number of nitrogens with zero attached hydrogens (tertiary/aromatic N) is 2. The highest BCUT2D eigenvalue weighted by atomic mass is 35.5. The molecule has 1 N–H and O–H groups in total. The Bertz CT molecular complexity index is 290. The molecular formula is C5H5ClF3N3S2. The first-order valence-electron chi connectivity index (χ1n) is 3.41. The lowest BCUT2D eigenvalue weighted by atomic mass is 10.6. The third-order valence-electron chi connectivity index (χ3n) is 1.11. The Labute approximate surface area is 91.4 Å². The minimum Gasteiger partial charge on any atom is -0.366 e. The van der Waals surface area contributed by atoms with Gasteiger partial charge in [-0.1, -0.05) is 11.6 Å². The molecule has 0 radical (unpaired) electrons. The second kappa shape index (κ2) is 5.04. The molecular weight excluding hydrogens is 259 g/mol. The maximum absolute atomic E-state index is 11.7. The van der Waals surface area contributed by atoms with E-state index in [9.17, 15) is 13.2 Å². The molecule has 0 fully saturated rings. The molecule has 0 bridgehead atoms. The van der Waals surface area contributed by atoms with E-state index in [4.69, 9.17) is 11.6 Å². The minimum absolute atomic E-state index is 0.0860. The highest BCUT2D eigenvalue weighted by Crippen LogP contribution is 2.29. The predicted molar refractivity (Wildman–Crippen MR) is 51.9 cm³/mol. The Hall–Kier alpha value is -0.210. The van der Waals surface area contributed by atoms with Crippen molar-refractivity contribution in [2.45, 2.75) is 5.51 Å². The number of nitrogens with one attached hydrogen (secondary N) is 1. The van der Waals surface area contributed by atoms with Gasteiger partial charge in [-0.15, -0.1) is 0 Å². The molecule has 0 amide bonds. The second-order valence-corrected chi connectivity index (χ2v) is 4.17. The van der Waals surface area contributed by atoms with E-state index >= 15 is 0 Å². The largest absolute Gasteiger partial charge is 0.441 e. The Morgan fingerprint density at radius 3 is 2.64 bits per heavy atom. The van der Waals surface area contributed by atoms with Crippen LogP contribution in [0, 0.1) is 0 Å². The molecule has 0 aliphatic heterocycles. The number of alkyl halides is 3. The zero-order chi connectivity index (χ0) is 10.6. The molecule has 0 saturated heterocycles. The standard InChI is InChI=1S/C5H5ClF3N3S2/c6-3-4(12-14-11-3)10-1-2-13-5(7,8)9/h1-2H2,(H,10,12). The maximum Gasteiger partial charge on any atom is 0.441 e. The normalized spacial score (nSPS) is 11.7. The number of halogens is 4. The van der Waals surface area contributed by atoms with Gasteiger partial charge < -0.3 is 5.32 Å².